The van der Waals surface area contributed by atoms with Crippen molar-refractivity contribution < 1.29 is 42.2 Å². The second kappa shape index (κ2) is 18.3. The summed E-state index contributed by atoms with van der Waals surface area (Å²) in [5.41, 5.74) is 0.116. The topological polar surface area (TPSA) is 131 Å². The van der Waals surface area contributed by atoms with Crippen LogP contribution in [-0.4, -0.2) is 66.9 Å². The van der Waals surface area contributed by atoms with Gasteiger partial charge in [0, 0.05) is 25.7 Å². The van der Waals surface area contributed by atoms with Crippen LogP contribution in [0.15, 0.2) is 54.3 Å². The van der Waals surface area contributed by atoms with Gasteiger partial charge in [-0.05, 0) is 61.8 Å². The Kier molecular flexibility index (Phi) is 14.9. The fourth-order valence-corrected chi connectivity index (χ4v) is 4.48. The zero-order valence-electron chi connectivity index (χ0n) is 25.6. The molecule has 2 N–H and O–H groups in total. The van der Waals surface area contributed by atoms with Crippen molar-refractivity contribution in [3.63, 3.8) is 0 Å². The van der Waals surface area contributed by atoms with Gasteiger partial charge < -0.3 is 25.0 Å². The quantitative estimate of drug-likeness (QED) is 0.133. The number of methoxy groups -OCH3 is 1. The first kappa shape index (κ1) is 35.8. The SMILES string of the molecule is COC(=O)/C(=C/NC(=O)C(/C=C/Cc1cc(F)cc(F)c1)NC(=O)/C=C/CCCC(C)C)COC(=O)C1CCCN1C(C)=O. The van der Waals surface area contributed by atoms with E-state index in [0.29, 0.717) is 37.3 Å². The third-order valence-electron chi connectivity index (χ3n) is 6.74. The summed E-state index contributed by atoms with van der Waals surface area (Å²) < 4.78 is 37.1. The molecule has 44 heavy (non-hydrogen) atoms. The first-order chi connectivity index (χ1) is 20.9. The molecule has 1 aliphatic rings. The molecule has 0 saturated carbocycles. The van der Waals surface area contributed by atoms with Gasteiger partial charge in [0.25, 0.3) is 5.91 Å². The smallest absolute Gasteiger partial charge is 0.338 e. The Morgan fingerprint density at radius 3 is 2.43 bits per heavy atom. The van der Waals surface area contributed by atoms with Gasteiger partial charge in [-0.1, -0.05) is 38.5 Å². The van der Waals surface area contributed by atoms with Crippen molar-refractivity contribution in [3.8, 4) is 0 Å². The number of hydrogen-bond donors (Lipinski definition) is 2. The van der Waals surface area contributed by atoms with Crippen molar-refractivity contribution in [3.05, 3.63) is 71.5 Å². The lowest BCUT2D eigenvalue weighted by molar-refractivity contribution is -0.152. The number of carbonyl (C=O) groups excluding carboxylic acids is 5. The number of rotatable bonds is 15. The van der Waals surface area contributed by atoms with Crippen LogP contribution in [0.4, 0.5) is 8.78 Å². The highest BCUT2D eigenvalue weighted by molar-refractivity contribution is 5.95. The molecule has 2 unspecified atom stereocenters. The van der Waals surface area contributed by atoms with Crippen LogP contribution in [0.3, 0.4) is 0 Å². The number of ether oxygens (including phenoxy) is 2. The maximum absolute atomic E-state index is 13.6. The number of likely N-dealkylation sites (tertiary alicyclic amines) is 1. The van der Waals surface area contributed by atoms with Gasteiger partial charge in [0.05, 0.1) is 12.7 Å². The Bertz CT molecular complexity index is 1260. The van der Waals surface area contributed by atoms with E-state index in [9.17, 15) is 32.8 Å². The number of nitrogens with zero attached hydrogens (tertiary/aromatic N) is 1. The molecule has 10 nitrogen and oxygen atoms in total. The summed E-state index contributed by atoms with van der Waals surface area (Å²) in [6, 6.07) is 1.04. The van der Waals surface area contributed by atoms with Gasteiger partial charge in [0.1, 0.15) is 30.3 Å². The molecule has 1 saturated heterocycles. The number of carbonyl (C=O) groups is 5. The van der Waals surface area contributed by atoms with E-state index < -0.39 is 54.1 Å². The number of amides is 3. The van der Waals surface area contributed by atoms with E-state index in [1.54, 1.807) is 6.08 Å². The predicted molar refractivity (Wildman–Crippen MR) is 159 cm³/mol. The normalized spacial score (nSPS) is 15.9. The molecule has 1 aromatic carbocycles. The number of esters is 2. The molecule has 0 aliphatic carbocycles. The molecule has 1 aliphatic heterocycles. The van der Waals surface area contributed by atoms with Crippen LogP contribution in [0, 0.1) is 17.6 Å². The van der Waals surface area contributed by atoms with Gasteiger partial charge in [0.15, 0.2) is 0 Å². The van der Waals surface area contributed by atoms with E-state index in [1.807, 2.05) is 0 Å². The molecule has 12 heteroatoms. The number of hydrogen-bond acceptors (Lipinski definition) is 7. The van der Waals surface area contributed by atoms with Crippen molar-refractivity contribution in [1.29, 1.82) is 0 Å². The second-order valence-corrected chi connectivity index (χ2v) is 10.8. The lowest BCUT2D eigenvalue weighted by Gasteiger charge is -2.21. The number of nitrogens with one attached hydrogen (secondary N) is 2. The highest BCUT2D eigenvalue weighted by atomic mass is 19.1. The minimum atomic E-state index is -1.23. The monoisotopic (exact) mass is 617 g/mol. The molecular weight excluding hydrogens is 576 g/mol. The second-order valence-electron chi connectivity index (χ2n) is 10.8. The minimum absolute atomic E-state index is 0.0665. The number of unbranched alkanes of at least 4 members (excludes halogenated alkanes) is 1. The van der Waals surface area contributed by atoms with Crippen LogP contribution in [0.1, 0.15) is 58.4 Å². The van der Waals surface area contributed by atoms with Gasteiger partial charge in [-0.2, -0.15) is 0 Å². The standard InChI is InChI=1S/C32H41F2N3O7/c1-21(2)10-6-5-7-14-29(39)36-27(12-8-11-23-16-25(33)18-26(34)17-23)30(40)35-19-24(31(41)43-4)20-44-32(42)28-13-9-15-37(28)22(3)38/h7-8,12,14,16-19,21,27-28H,5-6,9-11,13,15,20H2,1-4H3,(H,35,40)(H,36,39)/b12-8+,14-7+,24-19+. The van der Waals surface area contributed by atoms with Crippen LogP contribution in [0.2, 0.25) is 0 Å². The Balaban J connectivity index is 2.14. The fraction of sp³-hybridized carbons (Fsp3) is 0.469. The minimum Gasteiger partial charge on any atom is -0.466 e. The van der Waals surface area contributed by atoms with E-state index in [2.05, 4.69) is 24.5 Å². The van der Waals surface area contributed by atoms with Crippen molar-refractivity contribution in [1.82, 2.24) is 15.5 Å². The lowest BCUT2D eigenvalue weighted by atomic mass is 10.1. The molecule has 0 aromatic heterocycles. The summed E-state index contributed by atoms with van der Waals surface area (Å²) >= 11 is 0. The number of allylic oxidation sites excluding steroid dienone is 2. The lowest BCUT2D eigenvalue weighted by Crippen LogP contribution is -2.44. The molecule has 0 bridgehead atoms. The predicted octanol–water partition coefficient (Wildman–Crippen LogP) is 3.66. The molecule has 0 spiro atoms. The van der Waals surface area contributed by atoms with Gasteiger partial charge in [-0.15, -0.1) is 0 Å². The maximum Gasteiger partial charge on any atom is 0.338 e. The fourth-order valence-electron chi connectivity index (χ4n) is 4.48. The van der Waals surface area contributed by atoms with Gasteiger partial charge in [-0.25, -0.2) is 18.4 Å². The highest BCUT2D eigenvalue weighted by Gasteiger charge is 2.34. The molecule has 240 valence electrons. The van der Waals surface area contributed by atoms with Crippen LogP contribution in [0.5, 0.6) is 0 Å². The Morgan fingerprint density at radius 1 is 1.09 bits per heavy atom. The van der Waals surface area contributed by atoms with E-state index in [-0.39, 0.29) is 17.9 Å². The van der Waals surface area contributed by atoms with Crippen molar-refractivity contribution >= 4 is 29.7 Å². The van der Waals surface area contributed by atoms with Crippen LogP contribution < -0.4 is 10.6 Å². The zero-order chi connectivity index (χ0) is 32.6. The molecule has 1 aromatic rings. The molecule has 0 radical (unpaired) electrons. The summed E-state index contributed by atoms with van der Waals surface area (Å²) in [5, 5.41) is 4.97. The molecular formula is C32H41F2N3O7. The first-order valence-electron chi connectivity index (χ1n) is 14.5. The molecule has 2 atom stereocenters. The van der Waals surface area contributed by atoms with Gasteiger partial charge >= 0.3 is 11.9 Å². The Hall–Kier alpha value is -4.35. The number of halogens is 2. The first-order valence-corrected chi connectivity index (χ1v) is 14.5. The molecule has 2 rings (SSSR count). The van der Waals surface area contributed by atoms with E-state index in [0.717, 1.165) is 44.4 Å². The molecule has 1 heterocycles. The van der Waals surface area contributed by atoms with E-state index in [4.69, 9.17) is 9.47 Å². The average molecular weight is 618 g/mol. The highest BCUT2D eigenvalue weighted by Crippen LogP contribution is 2.19. The van der Waals surface area contributed by atoms with Gasteiger partial charge in [-0.3, -0.25) is 14.4 Å². The largest absolute Gasteiger partial charge is 0.466 e. The Labute approximate surface area is 256 Å². The number of benzene rings is 1. The summed E-state index contributed by atoms with van der Waals surface area (Å²) in [6.07, 6.45) is 10.6. The average Bonchev–Trinajstić information content (AvgIpc) is 3.46. The van der Waals surface area contributed by atoms with Crippen LogP contribution >= 0.6 is 0 Å². The summed E-state index contributed by atoms with van der Waals surface area (Å²) in [4.78, 5) is 63.7. The van der Waals surface area contributed by atoms with Crippen molar-refractivity contribution in [2.45, 2.75) is 71.4 Å². The third-order valence-corrected chi connectivity index (χ3v) is 6.74. The van der Waals surface area contributed by atoms with E-state index >= 15 is 0 Å². The summed E-state index contributed by atoms with van der Waals surface area (Å²) in [7, 11) is 1.11. The summed E-state index contributed by atoms with van der Waals surface area (Å²) in [6.45, 7) is 5.44. The molecule has 3 amide bonds. The molecule has 1 fully saturated rings. The van der Waals surface area contributed by atoms with E-state index in [1.165, 1.54) is 30.1 Å². The Morgan fingerprint density at radius 2 is 1.80 bits per heavy atom. The van der Waals surface area contributed by atoms with Crippen LogP contribution in [0.25, 0.3) is 0 Å². The summed E-state index contributed by atoms with van der Waals surface area (Å²) in [5.74, 6) is -4.10. The van der Waals surface area contributed by atoms with Crippen molar-refractivity contribution in [2.24, 2.45) is 5.92 Å². The maximum atomic E-state index is 13.6. The van der Waals surface area contributed by atoms with Gasteiger partial charge in [0.2, 0.25) is 11.8 Å². The third kappa shape index (κ3) is 12.5. The van der Waals surface area contributed by atoms with Crippen molar-refractivity contribution in [2.75, 3.05) is 20.3 Å². The zero-order valence-corrected chi connectivity index (χ0v) is 25.6. The van der Waals surface area contributed by atoms with Crippen LogP contribution in [-0.2, 0) is 39.9 Å².